The number of nitrogens with two attached hydrogens (primary N) is 1. The molecule has 1 aromatic carbocycles. The number of carbonyl (C=O) groups excluding carboxylic acids is 1. The fourth-order valence-electron chi connectivity index (χ4n) is 3.48. The van der Waals surface area contributed by atoms with Crippen molar-refractivity contribution in [3.8, 4) is 5.75 Å². The van der Waals surface area contributed by atoms with Crippen LogP contribution in [0.15, 0.2) is 24.3 Å². The normalized spacial score (nSPS) is 24.4. The number of ether oxygens (including phenoxy) is 1. The summed E-state index contributed by atoms with van der Waals surface area (Å²) in [6.45, 7) is 2.92. The molecule has 2 atom stereocenters. The molecule has 0 saturated carbocycles. The van der Waals surface area contributed by atoms with Crippen LogP contribution in [0.5, 0.6) is 5.75 Å². The summed E-state index contributed by atoms with van der Waals surface area (Å²) in [5.74, 6) is 0.872. The number of benzene rings is 1. The molecule has 2 fully saturated rings. The lowest BCUT2D eigenvalue weighted by Crippen LogP contribution is -2.37. The van der Waals surface area contributed by atoms with Gasteiger partial charge in [-0.1, -0.05) is 0 Å². The second-order valence-electron chi connectivity index (χ2n) is 7.09. The van der Waals surface area contributed by atoms with Gasteiger partial charge in [0.15, 0.2) is 0 Å². The molecule has 0 spiro atoms. The van der Waals surface area contributed by atoms with E-state index in [0.29, 0.717) is 6.42 Å². The Morgan fingerprint density at radius 2 is 1.77 bits per heavy atom. The van der Waals surface area contributed by atoms with E-state index in [0.717, 1.165) is 43.9 Å². The van der Waals surface area contributed by atoms with Crippen LogP contribution in [0.1, 0.15) is 19.3 Å². The van der Waals surface area contributed by atoms with Crippen LogP contribution in [-0.4, -0.2) is 67.6 Å². The van der Waals surface area contributed by atoms with Crippen LogP contribution in [0.25, 0.3) is 0 Å². The summed E-state index contributed by atoms with van der Waals surface area (Å²) in [5, 5.41) is 2.97. The maximum Gasteiger partial charge on any atom is 0.241 e. The van der Waals surface area contributed by atoms with Crippen LogP contribution in [-0.2, 0) is 4.79 Å². The zero-order valence-corrected chi connectivity index (χ0v) is 17.0. The molecular formula is C18H30Cl2N4O2. The third-order valence-corrected chi connectivity index (χ3v) is 4.97. The van der Waals surface area contributed by atoms with Gasteiger partial charge in [0.25, 0.3) is 0 Å². The molecule has 0 radical (unpaired) electrons. The van der Waals surface area contributed by atoms with Gasteiger partial charge in [-0.15, -0.1) is 24.8 Å². The molecule has 2 saturated heterocycles. The van der Waals surface area contributed by atoms with Crippen LogP contribution >= 0.6 is 24.8 Å². The van der Waals surface area contributed by atoms with E-state index in [-0.39, 0.29) is 48.9 Å². The van der Waals surface area contributed by atoms with E-state index >= 15 is 0 Å². The largest absolute Gasteiger partial charge is 0.490 e. The lowest BCUT2D eigenvalue weighted by Gasteiger charge is -2.29. The molecule has 26 heavy (non-hydrogen) atoms. The van der Waals surface area contributed by atoms with Crippen LogP contribution in [0, 0.1) is 0 Å². The molecule has 3 rings (SSSR count). The highest BCUT2D eigenvalue weighted by Crippen LogP contribution is 2.22. The van der Waals surface area contributed by atoms with Crippen molar-refractivity contribution in [3.05, 3.63) is 24.3 Å². The Morgan fingerprint density at radius 3 is 2.31 bits per heavy atom. The number of amides is 1. The molecule has 2 aliphatic heterocycles. The van der Waals surface area contributed by atoms with Gasteiger partial charge in [0.1, 0.15) is 11.9 Å². The SMILES string of the molecule is CN1CCC(Oc2ccc(NC(=O)[C@@H]3C[C@H](N)CN3C)cc2)CC1.Cl.Cl. The third kappa shape index (κ3) is 5.99. The lowest BCUT2D eigenvalue weighted by atomic mass is 10.1. The van der Waals surface area contributed by atoms with E-state index in [2.05, 4.69) is 17.3 Å². The average molecular weight is 405 g/mol. The Bertz CT molecular complexity index is 565. The Balaban J connectivity index is 0.00000169. The highest BCUT2D eigenvalue weighted by molar-refractivity contribution is 5.95. The second kappa shape index (κ2) is 10.3. The maximum atomic E-state index is 12.4. The number of likely N-dealkylation sites (tertiary alicyclic amines) is 2. The summed E-state index contributed by atoms with van der Waals surface area (Å²) in [4.78, 5) is 16.7. The quantitative estimate of drug-likeness (QED) is 0.802. The molecule has 148 valence electrons. The first-order chi connectivity index (χ1) is 11.5. The fraction of sp³-hybridized carbons (Fsp3) is 0.611. The summed E-state index contributed by atoms with van der Waals surface area (Å²) < 4.78 is 6.03. The number of carbonyl (C=O) groups is 1. The molecule has 0 aliphatic carbocycles. The van der Waals surface area contributed by atoms with Crippen molar-refractivity contribution in [2.45, 2.75) is 37.5 Å². The van der Waals surface area contributed by atoms with Gasteiger partial charge in [-0.25, -0.2) is 0 Å². The second-order valence-corrected chi connectivity index (χ2v) is 7.09. The number of nitrogens with zero attached hydrogens (tertiary/aromatic N) is 2. The van der Waals surface area contributed by atoms with Crippen molar-refractivity contribution in [3.63, 3.8) is 0 Å². The molecule has 3 N–H and O–H groups in total. The Labute approximate surface area is 168 Å². The number of piperidine rings is 1. The van der Waals surface area contributed by atoms with Gasteiger partial charge in [-0.3, -0.25) is 9.69 Å². The summed E-state index contributed by atoms with van der Waals surface area (Å²) in [6, 6.07) is 7.59. The monoisotopic (exact) mass is 404 g/mol. The molecule has 1 amide bonds. The van der Waals surface area contributed by atoms with Crippen LogP contribution in [0.2, 0.25) is 0 Å². The van der Waals surface area contributed by atoms with Crippen molar-refractivity contribution in [1.29, 1.82) is 0 Å². The number of rotatable bonds is 4. The van der Waals surface area contributed by atoms with Crippen LogP contribution in [0.3, 0.4) is 0 Å². The molecule has 0 bridgehead atoms. The number of hydrogen-bond acceptors (Lipinski definition) is 5. The number of anilines is 1. The van der Waals surface area contributed by atoms with Gasteiger partial charge in [-0.05, 0) is 57.6 Å². The first-order valence-corrected chi connectivity index (χ1v) is 8.73. The molecule has 1 aromatic rings. The van der Waals surface area contributed by atoms with Gasteiger partial charge in [0.2, 0.25) is 5.91 Å². The van der Waals surface area contributed by atoms with E-state index in [1.807, 2.05) is 36.2 Å². The summed E-state index contributed by atoms with van der Waals surface area (Å²) >= 11 is 0. The van der Waals surface area contributed by atoms with Crippen molar-refractivity contribution in [2.24, 2.45) is 5.73 Å². The number of halogens is 2. The van der Waals surface area contributed by atoms with Gasteiger partial charge >= 0.3 is 0 Å². The highest BCUT2D eigenvalue weighted by atomic mass is 35.5. The predicted octanol–water partition coefficient (Wildman–Crippen LogP) is 1.97. The van der Waals surface area contributed by atoms with Crippen molar-refractivity contribution < 1.29 is 9.53 Å². The molecular weight excluding hydrogens is 375 g/mol. The average Bonchev–Trinajstić information content (AvgIpc) is 2.90. The van der Waals surface area contributed by atoms with Gasteiger partial charge in [0.05, 0.1) is 6.04 Å². The molecule has 2 aliphatic rings. The minimum Gasteiger partial charge on any atom is -0.490 e. The lowest BCUT2D eigenvalue weighted by molar-refractivity contribution is -0.119. The first kappa shape index (κ1) is 23.0. The summed E-state index contributed by atoms with van der Waals surface area (Å²) in [6.07, 6.45) is 3.11. The maximum absolute atomic E-state index is 12.4. The highest BCUT2D eigenvalue weighted by Gasteiger charge is 2.32. The molecule has 0 aromatic heterocycles. The minimum atomic E-state index is -0.143. The van der Waals surface area contributed by atoms with Crippen molar-refractivity contribution >= 4 is 36.4 Å². The zero-order chi connectivity index (χ0) is 17.1. The fourth-order valence-corrected chi connectivity index (χ4v) is 3.48. The Morgan fingerprint density at radius 1 is 1.15 bits per heavy atom. The minimum absolute atomic E-state index is 0. The van der Waals surface area contributed by atoms with E-state index in [1.54, 1.807) is 0 Å². The van der Waals surface area contributed by atoms with E-state index in [1.165, 1.54) is 0 Å². The summed E-state index contributed by atoms with van der Waals surface area (Å²) in [5.41, 5.74) is 6.72. The standard InChI is InChI=1S/C18H28N4O2.2ClH/c1-21-9-7-16(8-10-21)24-15-5-3-14(4-6-15)20-18(23)17-11-13(19)12-22(17)2;;/h3-6,13,16-17H,7-12,19H2,1-2H3,(H,20,23);2*1H/t13-,17-;;/m0../s1. The van der Waals surface area contributed by atoms with Crippen molar-refractivity contribution in [1.82, 2.24) is 9.80 Å². The first-order valence-electron chi connectivity index (χ1n) is 8.73. The van der Waals surface area contributed by atoms with Crippen molar-refractivity contribution in [2.75, 3.05) is 39.0 Å². The van der Waals surface area contributed by atoms with Gasteiger partial charge < -0.3 is 20.7 Å². The zero-order valence-electron chi connectivity index (χ0n) is 15.4. The number of nitrogens with one attached hydrogen (secondary N) is 1. The van der Waals surface area contributed by atoms with Gasteiger partial charge in [0, 0.05) is 31.4 Å². The van der Waals surface area contributed by atoms with E-state index < -0.39 is 0 Å². The number of hydrogen-bond donors (Lipinski definition) is 2. The molecule has 0 unspecified atom stereocenters. The third-order valence-electron chi connectivity index (χ3n) is 4.97. The Hall–Kier alpha value is -1.05. The van der Waals surface area contributed by atoms with Crippen LogP contribution in [0.4, 0.5) is 5.69 Å². The number of likely N-dealkylation sites (N-methyl/N-ethyl adjacent to an activating group) is 1. The Kier molecular flexibility index (Phi) is 9.13. The van der Waals surface area contributed by atoms with E-state index in [9.17, 15) is 4.79 Å². The smallest absolute Gasteiger partial charge is 0.241 e. The predicted molar refractivity (Wildman–Crippen MR) is 110 cm³/mol. The van der Waals surface area contributed by atoms with Crippen LogP contribution < -0.4 is 15.8 Å². The molecule has 6 nitrogen and oxygen atoms in total. The topological polar surface area (TPSA) is 70.8 Å². The summed E-state index contributed by atoms with van der Waals surface area (Å²) in [7, 11) is 4.08. The van der Waals surface area contributed by atoms with Gasteiger partial charge in [-0.2, -0.15) is 0 Å². The molecule has 2 heterocycles. The van der Waals surface area contributed by atoms with E-state index in [4.69, 9.17) is 10.5 Å². The molecule has 8 heteroatoms.